The molecule has 1 aromatic carbocycles. The lowest BCUT2D eigenvalue weighted by molar-refractivity contribution is -0.132. The van der Waals surface area contributed by atoms with E-state index in [9.17, 15) is 13.6 Å². The van der Waals surface area contributed by atoms with Gasteiger partial charge in [0.05, 0.1) is 13.0 Å². The maximum atomic E-state index is 12.9. The predicted molar refractivity (Wildman–Crippen MR) is 90.5 cm³/mol. The number of benzene rings is 1. The van der Waals surface area contributed by atoms with Crippen molar-refractivity contribution in [1.82, 2.24) is 19.4 Å². The Morgan fingerprint density at radius 1 is 1.16 bits per heavy atom. The lowest BCUT2D eigenvalue weighted by atomic mass is 10.1. The molecule has 1 amide bonds. The Morgan fingerprint density at radius 2 is 1.84 bits per heavy atom. The highest BCUT2D eigenvalue weighted by Crippen LogP contribution is 2.16. The topological polar surface area (TPSA) is 41.4 Å². The summed E-state index contributed by atoms with van der Waals surface area (Å²) in [5.41, 5.74) is 0.927. The first-order valence-corrected chi connectivity index (χ1v) is 8.45. The number of hydrogen-bond acceptors (Lipinski definition) is 3. The van der Waals surface area contributed by atoms with E-state index < -0.39 is 6.55 Å². The second-order valence-corrected chi connectivity index (χ2v) is 6.43. The third-order valence-electron chi connectivity index (χ3n) is 4.32. The van der Waals surface area contributed by atoms with Crippen molar-refractivity contribution in [2.45, 2.75) is 19.5 Å². The lowest BCUT2D eigenvalue weighted by Gasteiger charge is -2.34. The van der Waals surface area contributed by atoms with Crippen LogP contribution in [0.4, 0.5) is 8.78 Å². The van der Waals surface area contributed by atoms with Crippen molar-refractivity contribution in [2.24, 2.45) is 0 Å². The standard InChI is InChI=1S/C17H19ClF2N4O/c18-14-3-1-13(2-4-14)11-16(25)23-9-7-22(8-10-23)12-15-21-5-6-24(15)17(19)20/h1-6,17H,7-12H2. The third-order valence-corrected chi connectivity index (χ3v) is 4.57. The zero-order valence-electron chi connectivity index (χ0n) is 13.6. The molecular weight excluding hydrogens is 350 g/mol. The zero-order valence-corrected chi connectivity index (χ0v) is 14.4. The molecule has 0 saturated carbocycles. The van der Waals surface area contributed by atoms with Crippen molar-refractivity contribution in [3.05, 3.63) is 53.1 Å². The maximum Gasteiger partial charge on any atom is 0.319 e. The van der Waals surface area contributed by atoms with Crippen LogP contribution in [0.25, 0.3) is 0 Å². The van der Waals surface area contributed by atoms with E-state index in [-0.39, 0.29) is 5.91 Å². The number of halogens is 3. The second kappa shape index (κ2) is 7.93. The van der Waals surface area contributed by atoms with Gasteiger partial charge in [0.1, 0.15) is 5.82 Å². The molecule has 1 aromatic heterocycles. The number of alkyl halides is 2. The predicted octanol–water partition coefficient (Wildman–Crippen LogP) is 2.82. The van der Waals surface area contributed by atoms with E-state index in [2.05, 4.69) is 4.98 Å². The minimum Gasteiger partial charge on any atom is -0.340 e. The number of imidazole rings is 1. The van der Waals surface area contributed by atoms with Crippen molar-refractivity contribution in [1.29, 1.82) is 0 Å². The normalized spacial score (nSPS) is 15.8. The van der Waals surface area contributed by atoms with Crippen LogP contribution in [0.5, 0.6) is 0 Å². The van der Waals surface area contributed by atoms with Crippen molar-refractivity contribution < 1.29 is 13.6 Å². The quantitative estimate of drug-likeness (QED) is 0.815. The van der Waals surface area contributed by atoms with E-state index in [1.807, 2.05) is 21.9 Å². The van der Waals surface area contributed by atoms with Crippen LogP contribution < -0.4 is 0 Å². The van der Waals surface area contributed by atoms with Crippen molar-refractivity contribution in [2.75, 3.05) is 26.2 Å². The number of piperazine rings is 1. The van der Waals surface area contributed by atoms with E-state index in [1.54, 1.807) is 12.1 Å². The molecule has 1 aliphatic heterocycles. The Morgan fingerprint density at radius 3 is 2.48 bits per heavy atom. The molecule has 0 spiro atoms. The molecule has 25 heavy (non-hydrogen) atoms. The van der Waals surface area contributed by atoms with Gasteiger partial charge in [-0.05, 0) is 17.7 Å². The van der Waals surface area contributed by atoms with Crippen molar-refractivity contribution >= 4 is 17.5 Å². The highest BCUT2D eigenvalue weighted by Gasteiger charge is 2.23. The summed E-state index contributed by atoms with van der Waals surface area (Å²) in [7, 11) is 0. The van der Waals surface area contributed by atoms with Gasteiger partial charge >= 0.3 is 6.55 Å². The molecular formula is C17H19ClF2N4O. The lowest BCUT2D eigenvalue weighted by Crippen LogP contribution is -2.49. The summed E-state index contributed by atoms with van der Waals surface area (Å²) in [6.07, 6.45) is 3.01. The molecule has 3 rings (SSSR count). The van der Waals surface area contributed by atoms with Crippen molar-refractivity contribution in [3.8, 4) is 0 Å². The van der Waals surface area contributed by atoms with Gasteiger partial charge in [-0.1, -0.05) is 23.7 Å². The van der Waals surface area contributed by atoms with Crippen LogP contribution in [0.1, 0.15) is 17.9 Å². The van der Waals surface area contributed by atoms with Crippen LogP contribution in [0.3, 0.4) is 0 Å². The SMILES string of the molecule is O=C(Cc1ccc(Cl)cc1)N1CCN(Cc2nccn2C(F)F)CC1. The summed E-state index contributed by atoms with van der Waals surface area (Å²) < 4.78 is 26.6. The molecule has 0 atom stereocenters. The number of carbonyl (C=O) groups is 1. The molecule has 2 aromatic rings. The fourth-order valence-electron chi connectivity index (χ4n) is 2.89. The van der Waals surface area contributed by atoms with Gasteiger partial charge in [-0.25, -0.2) is 4.98 Å². The van der Waals surface area contributed by atoms with E-state index in [0.717, 1.165) is 10.1 Å². The second-order valence-electron chi connectivity index (χ2n) is 5.99. The van der Waals surface area contributed by atoms with Crippen LogP contribution >= 0.6 is 11.6 Å². The molecule has 134 valence electrons. The van der Waals surface area contributed by atoms with E-state index in [4.69, 9.17) is 11.6 Å². The minimum absolute atomic E-state index is 0.0658. The molecule has 1 fully saturated rings. The molecule has 0 radical (unpaired) electrons. The van der Waals surface area contributed by atoms with Gasteiger partial charge < -0.3 is 4.90 Å². The molecule has 0 aliphatic carbocycles. The van der Waals surface area contributed by atoms with E-state index in [0.29, 0.717) is 50.0 Å². The van der Waals surface area contributed by atoms with Gasteiger partial charge in [0.15, 0.2) is 0 Å². The first-order chi connectivity index (χ1) is 12.0. The van der Waals surface area contributed by atoms with Gasteiger partial charge in [0.25, 0.3) is 0 Å². The Balaban J connectivity index is 1.50. The number of nitrogens with zero attached hydrogens (tertiary/aromatic N) is 4. The Bertz CT molecular complexity index is 712. The zero-order chi connectivity index (χ0) is 17.8. The van der Waals surface area contributed by atoms with Crippen LogP contribution in [-0.2, 0) is 17.8 Å². The fraction of sp³-hybridized carbons (Fsp3) is 0.412. The van der Waals surface area contributed by atoms with Crippen molar-refractivity contribution in [3.63, 3.8) is 0 Å². The van der Waals surface area contributed by atoms with E-state index in [1.165, 1.54) is 12.4 Å². The average Bonchev–Trinajstić information content (AvgIpc) is 3.06. The Hall–Kier alpha value is -1.99. The molecule has 0 bridgehead atoms. The number of carbonyl (C=O) groups excluding carboxylic acids is 1. The van der Waals surface area contributed by atoms with Gasteiger partial charge in [0.2, 0.25) is 5.91 Å². The van der Waals surface area contributed by atoms with Gasteiger partial charge in [-0.2, -0.15) is 8.78 Å². The Kier molecular flexibility index (Phi) is 5.65. The molecule has 8 heteroatoms. The molecule has 5 nitrogen and oxygen atoms in total. The monoisotopic (exact) mass is 368 g/mol. The van der Waals surface area contributed by atoms with Gasteiger partial charge in [-0.15, -0.1) is 0 Å². The van der Waals surface area contributed by atoms with Crippen LogP contribution in [-0.4, -0.2) is 51.4 Å². The van der Waals surface area contributed by atoms with Gasteiger partial charge in [0, 0.05) is 43.6 Å². The van der Waals surface area contributed by atoms with Crippen LogP contribution in [0, 0.1) is 0 Å². The maximum absolute atomic E-state index is 12.9. The average molecular weight is 369 g/mol. The molecule has 0 unspecified atom stereocenters. The summed E-state index contributed by atoms with van der Waals surface area (Å²) in [4.78, 5) is 20.2. The largest absolute Gasteiger partial charge is 0.340 e. The third kappa shape index (κ3) is 4.55. The summed E-state index contributed by atoms with van der Waals surface area (Å²) >= 11 is 5.85. The van der Waals surface area contributed by atoms with Gasteiger partial charge in [-0.3, -0.25) is 14.3 Å². The van der Waals surface area contributed by atoms with Crippen LogP contribution in [0.2, 0.25) is 5.02 Å². The smallest absolute Gasteiger partial charge is 0.319 e. The van der Waals surface area contributed by atoms with Crippen LogP contribution in [0.15, 0.2) is 36.7 Å². The molecule has 2 heterocycles. The van der Waals surface area contributed by atoms with E-state index >= 15 is 0 Å². The fourth-order valence-corrected chi connectivity index (χ4v) is 3.01. The first kappa shape index (κ1) is 17.8. The molecule has 1 aliphatic rings. The first-order valence-electron chi connectivity index (χ1n) is 8.07. The number of aromatic nitrogens is 2. The Labute approximate surface area is 149 Å². The minimum atomic E-state index is -2.58. The highest BCUT2D eigenvalue weighted by atomic mass is 35.5. The number of rotatable bonds is 5. The summed E-state index contributed by atoms with van der Waals surface area (Å²) in [6.45, 7) is 0.227. The number of amides is 1. The summed E-state index contributed by atoms with van der Waals surface area (Å²) in [6, 6.07) is 7.24. The molecule has 1 saturated heterocycles. The summed E-state index contributed by atoms with van der Waals surface area (Å²) in [5.74, 6) is 0.409. The summed E-state index contributed by atoms with van der Waals surface area (Å²) in [5, 5.41) is 0.645. The molecule has 0 N–H and O–H groups in total. The highest BCUT2D eigenvalue weighted by molar-refractivity contribution is 6.30. The number of hydrogen-bond donors (Lipinski definition) is 0.